The second-order valence-electron chi connectivity index (χ2n) is 7.52. The molecule has 30 heavy (non-hydrogen) atoms. The Labute approximate surface area is 174 Å². The zero-order chi connectivity index (χ0) is 21.3. The highest BCUT2D eigenvalue weighted by Gasteiger charge is 2.35. The molecular formula is C23H22N2O5. The van der Waals surface area contributed by atoms with Crippen molar-refractivity contribution in [2.24, 2.45) is 0 Å². The van der Waals surface area contributed by atoms with Gasteiger partial charge < -0.3 is 9.64 Å². The van der Waals surface area contributed by atoms with E-state index in [-0.39, 0.29) is 49.8 Å². The molecule has 0 saturated carbocycles. The lowest BCUT2D eigenvalue weighted by atomic mass is 10.1. The first-order valence-corrected chi connectivity index (χ1v) is 9.98. The minimum atomic E-state index is -0.528. The molecule has 2 heterocycles. The van der Waals surface area contributed by atoms with Crippen molar-refractivity contribution in [1.29, 1.82) is 0 Å². The van der Waals surface area contributed by atoms with Crippen molar-refractivity contribution in [2.45, 2.75) is 32.2 Å². The third-order valence-corrected chi connectivity index (χ3v) is 5.47. The first-order chi connectivity index (χ1) is 14.5. The Balaban J connectivity index is 1.25. The van der Waals surface area contributed by atoms with Gasteiger partial charge in [0.15, 0.2) is 6.61 Å². The lowest BCUT2D eigenvalue weighted by Crippen LogP contribution is -2.38. The van der Waals surface area contributed by atoms with Crippen LogP contribution in [0.5, 0.6) is 0 Å². The van der Waals surface area contributed by atoms with Crippen LogP contribution in [0.4, 0.5) is 5.69 Å². The minimum Gasteiger partial charge on any atom is -0.456 e. The number of imide groups is 1. The van der Waals surface area contributed by atoms with Crippen LogP contribution in [-0.2, 0) is 20.7 Å². The molecule has 2 aromatic rings. The summed E-state index contributed by atoms with van der Waals surface area (Å²) < 4.78 is 5.14. The van der Waals surface area contributed by atoms with Crippen LogP contribution in [0.3, 0.4) is 0 Å². The molecule has 7 nitrogen and oxygen atoms in total. The van der Waals surface area contributed by atoms with E-state index < -0.39 is 5.97 Å². The summed E-state index contributed by atoms with van der Waals surface area (Å²) in [6.45, 7) is 1.76. The third-order valence-electron chi connectivity index (χ3n) is 5.47. The van der Waals surface area contributed by atoms with Crippen molar-refractivity contribution in [2.75, 3.05) is 18.1 Å². The Morgan fingerprint density at radius 2 is 1.63 bits per heavy atom. The molecule has 0 aromatic heterocycles. The number of hydrogen-bond acceptors (Lipinski definition) is 5. The van der Waals surface area contributed by atoms with Crippen molar-refractivity contribution >= 4 is 29.4 Å². The zero-order valence-corrected chi connectivity index (χ0v) is 16.7. The lowest BCUT2D eigenvalue weighted by Gasteiger charge is -2.22. The van der Waals surface area contributed by atoms with Gasteiger partial charge in [-0.25, -0.2) is 0 Å². The van der Waals surface area contributed by atoms with Crippen LogP contribution in [0.2, 0.25) is 0 Å². The van der Waals surface area contributed by atoms with Gasteiger partial charge in [0, 0.05) is 24.7 Å². The third kappa shape index (κ3) is 3.58. The second kappa shape index (κ2) is 8.10. The molecule has 4 rings (SSSR count). The average Bonchev–Trinajstić information content (AvgIpc) is 3.21. The lowest BCUT2D eigenvalue weighted by molar-refractivity contribution is -0.148. The molecule has 0 aliphatic carbocycles. The van der Waals surface area contributed by atoms with Crippen LogP contribution >= 0.6 is 0 Å². The topological polar surface area (TPSA) is 84.0 Å². The monoisotopic (exact) mass is 406 g/mol. The maximum atomic E-state index is 12.6. The van der Waals surface area contributed by atoms with Crippen molar-refractivity contribution in [1.82, 2.24) is 4.90 Å². The minimum absolute atomic E-state index is 0.0161. The Morgan fingerprint density at radius 3 is 2.33 bits per heavy atom. The molecule has 0 N–H and O–H groups in total. The molecule has 1 atom stereocenters. The van der Waals surface area contributed by atoms with Crippen LogP contribution in [-0.4, -0.2) is 47.8 Å². The van der Waals surface area contributed by atoms with E-state index in [0.29, 0.717) is 11.1 Å². The van der Waals surface area contributed by atoms with Crippen LogP contribution < -0.4 is 4.90 Å². The molecule has 2 aliphatic heterocycles. The average molecular weight is 406 g/mol. The standard InChI is InChI=1S/C23H22N2O5/c1-15-13-16-7-2-5-10-19(16)25(15)20(26)14-30-21(27)11-6-12-24-22(28)17-8-3-4-9-18(17)23(24)29/h2-5,7-10,15H,6,11-14H2,1H3/t15-/m1/s1. The Hall–Kier alpha value is -3.48. The van der Waals surface area contributed by atoms with E-state index in [9.17, 15) is 19.2 Å². The fourth-order valence-corrected chi connectivity index (χ4v) is 4.05. The van der Waals surface area contributed by atoms with E-state index in [1.54, 1.807) is 29.2 Å². The van der Waals surface area contributed by atoms with Gasteiger partial charge in [0.25, 0.3) is 17.7 Å². The highest BCUT2D eigenvalue weighted by molar-refractivity contribution is 6.21. The van der Waals surface area contributed by atoms with Gasteiger partial charge in [0.05, 0.1) is 11.1 Å². The van der Waals surface area contributed by atoms with Crippen molar-refractivity contribution < 1.29 is 23.9 Å². The van der Waals surface area contributed by atoms with Gasteiger partial charge in [-0.2, -0.15) is 0 Å². The van der Waals surface area contributed by atoms with E-state index in [4.69, 9.17) is 4.74 Å². The number of amides is 3. The first-order valence-electron chi connectivity index (χ1n) is 9.98. The summed E-state index contributed by atoms with van der Waals surface area (Å²) in [7, 11) is 0. The van der Waals surface area contributed by atoms with E-state index in [1.807, 2.05) is 31.2 Å². The summed E-state index contributed by atoms with van der Waals surface area (Å²) in [5.74, 6) is -1.48. The van der Waals surface area contributed by atoms with Crippen molar-refractivity contribution in [3.05, 3.63) is 65.2 Å². The number of fused-ring (bicyclic) bond motifs is 2. The molecule has 2 aromatic carbocycles. The molecule has 2 aliphatic rings. The van der Waals surface area contributed by atoms with E-state index in [2.05, 4.69) is 0 Å². The first kappa shape index (κ1) is 19.8. The molecule has 0 spiro atoms. The number of ether oxygens (including phenoxy) is 1. The number of rotatable bonds is 6. The number of nitrogens with zero attached hydrogens (tertiary/aromatic N) is 2. The summed E-state index contributed by atoms with van der Waals surface area (Å²) in [6, 6.07) is 14.4. The predicted octanol–water partition coefficient (Wildman–Crippen LogP) is 2.58. The van der Waals surface area contributed by atoms with Crippen LogP contribution in [0.1, 0.15) is 46.0 Å². The molecule has 0 bridgehead atoms. The molecule has 0 fully saturated rings. The molecule has 0 saturated heterocycles. The Kier molecular flexibility index (Phi) is 5.35. The highest BCUT2D eigenvalue weighted by atomic mass is 16.5. The maximum absolute atomic E-state index is 12.6. The SMILES string of the molecule is C[C@@H]1Cc2ccccc2N1C(=O)COC(=O)CCCN1C(=O)c2ccccc2C1=O. The zero-order valence-electron chi connectivity index (χ0n) is 16.7. The molecule has 0 unspecified atom stereocenters. The maximum Gasteiger partial charge on any atom is 0.306 e. The predicted molar refractivity (Wildman–Crippen MR) is 109 cm³/mol. The van der Waals surface area contributed by atoms with E-state index in [0.717, 1.165) is 22.6 Å². The Bertz CT molecular complexity index is 997. The van der Waals surface area contributed by atoms with Gasteiger partial charge >= 0.3 is 5.97 Å². The van der Waals surface area contributed by atoms with Gasteiger partial charge in [-0.1, -0.05) is 30.3 Å². The number of para-hydroxylation sites is 1. The fraction of sp³-hybridized carbons (Fsp3) is 0.304. The second-order valence-corrected chi connectivity index (χ2v) is 7.52. The quantitative estimate of drug-likeness (QED) is 0.544. The van der Waals surface area contributed by atoms with Gasteiger partial charge in [-0.3, -0.25) is 24.1 Å². The number of hydrogen-bond donors (Lipinski definition) is 0. The number of benzene rings is 2. The van der Waals surface area contributed by atoms with Crippen molar-refractivity contribution in [3.8, 4) is 0 Å². The number of carbonyl (C=O) groups excluding carboxylic acids is 4. The normalized spacial score (nSPS) is 17.2. The number of carbonyl (C=O) groups is 4. The largest absolute Gasteiger partial charge is 0.456 e. The summed E-state index contributed by atoms with van der Waals surface area (Å²) in [4.78, 5) is 52.1. The van der Waals surface area contributed by atoms with Gasteiger partial charge in [-0.05, 0) is 43.5 Å². The van der Waals surface area contributed by atoms with Crippen molar-refractivity contribution in [3.63, 3.8) is 0 Å². The van der Waals surface area contributed by atoms with E-state index in [1.165, 1.54) is 0 Å². The van der Waals surface area contributed by atoms with Crippen LogP contribution in [0.25, 0.3) is 0 Å². The fourth-order valence-electron chi connectivity index (χ4n) is 4.05. The summed E-state index contributed by atoms with van der Waals surface area (Å²) >= 11 is 0. The van der Waals surface area contributed by atoms with Gasteiger partial charge in [-0.15, -0.1) is 0 Å². The smallest absolute Gasteiger partial charge is 0.306 e. The molecule has 0 radical (unpaired) electrons. The molecular weight excluding hydrogens is 384 g/mol. The summed E-state index contributed by atoms with van der Waals surface area (Å²) in [5.41, 5.74) is 2.73. The number of anilines is 1. The highest BCUT2D eigenvalue weighted by Crippen LogP contribution is 2.31. The van der Waals surface area contributed by atoms with Crippen LogP contribution in [0, 0.1) is 0 Å². The van der Waals surface area contributed by atoms with E-state index >= 15 is 0 Å². The molecule has 154 valence electrons. The summed E-state index contributed by atoms with van der Waals surface area (Å²) in [6.07, 6.45) is 1.07. The Morgan fingerprint density at radius 1 is 1.00 bits per heavy atom. The summed E-state index contributed by atoms with van der Waals surface area (Å²) in [5, 5.41) is 0. The van der Waals surface area contributed by atoms with Gasteiger partial charge in [0.2, 0.25) is 0 Å². The van der Waals surface area contributed by atoms with Crippen LogP contribution in [0.15, 0.2) is 48.5 Å². The molecule has 3 amide bonds. The number of esters is 1. The van der Waals surface area contributed by atoms with Gasteiger partial charge in [0.1, 0.15) is 0 Å². The molecule has 7 heteroatoms.